The van der Waals surface area contributed by atoms with Crippen molar-refractivity contribution in [3.63, 3.8) is 0 Å². The van der Waals surface area contributed by atoms with Crippen molar-refractivity contribution in [2.45, 2.75) is 13.8 Å². The highest BCUT2D eigenvalue weighted by molar-refractivity contribution is 6.07. The summed E-state index contributed by atoms with van der Waals surface area (Å²) >= 11 is 0. The van der Waals surface area contributed by atoms with Crippen LogP contribution in [0.25, 0.3) is 0 Å². The maximum atomic E-state index is 12.3. The Labute approximate surface area is 124 Å². The Morgan fingerprint density at radius 2 is 1.95 bits per heavy atom. The Bertz CT molecular complexity index is 597. The van der Waals surface area contributed by atoms with Crippen LogP contribution in [0, 0.1) is 0 Å². The monoisotopic (exact) mass is 285 g/mol. The predicted molar refractivity (Wildman–Crippen MR) is 84.0 cm³/mol. The van der Waals surface area contributed by atoms with Crippen molar-refractivity contribution in [2.24, 2.45) is 0 Å². The molecule has 2 N–H and O–H groups in total. The molecule has 5 nitrogen and oxygen atoms in total. The molecule has 0 aliphatic rings. The minimum absolute atomic E-state index is 0.169. The van der Waals surface area contributed by atoms with Gasteiger partial charge in [-0.1, -0.05) is 0 Å². The summed E-state index contributed by atoms with van der Waals surface area (Å²) in [5.74, 6) is 0.616. The fraction of sp³-hybridized carbons (Fsp3) is 0.250. The summed E-state index contributed by atoms with van der Waals surface area (Å²) < 4.78 is 5.37. The zero-order valence-electron chi connectivity index (χ0n) is 12.2. The molecule has 1 aromatic heterocycles. The molecule has 0 aliphatic heterocycles. The highest BCUT2D eigenvalue weighted by Crippen LogP contribution is 2.18. The molecule has 1 amide bonds. The second kappa shape index (κ2) is 7.28. The summed E-state index contributed by atoms with van der Waals surface area (Å²) in [6, 6.07) is 8.99. The van der Waals surface area contributed by atoms with Gasteiger partial charge in [0.25, 0.3) is 5.91 Å². The lowest BCUT2D eigenvalue weighted by Gasteiger charge is -2.11. The number of hydrogen-bond donors (Lipinski definition) is 2. The Morgan fingerprint density at radius 1 is 1.19 bits per heavy atom. The number of benzene rings is 1. The smallest absolute Gasteiger partial charge is 0.257 e. The van der Waals surface area contributed by atoms with E-state index in [4.69, 9.17) is 4.74 Å². The van der Waals surface area contributed by atoms with E-state index in [1.54, 1.807) is 18.5 Å². The van der Waals surface area contributed by atoms with Gasteiger partial charge in [-0.2, -0.15) is 0 Å². The Hall–Kier alpha value is -2.56. The maximum Gasteiger partial charge on any atom is 0.257 e. The van der Waals surface area contributed by atoms with E-state index < -0.39 is 0 Å². The van der Waals surface area contributed by atoms with Crippen LogP contribution < -0.4 is 15.4 Å². The normalized spacial score (nSPS) is 10.0. The van der Waals surface area contributed by atoms with Gasteiger partial charge >= 0.3 is 0 Å². The van der Waals surface area contributed by atoms with Gasteiger partial charge in [-0.05, 0) is 44.2 Å². The SMILES string of the molecule is CCNc1cnccc1C(=O)Nc1ccc(OCC)cc1. The fourth-order valence-corrected chi connectivity index (χ4v) is 1.92. The second-order valence-corrected chi connectivity index (χ2v) is 4.36. The van der Waals surface area contributed by atoms with Crippen molar-refractivity contribution in [1.29, 1.82) is 0 Å². The van der Waals surface area contributed by atoms with Crippen molar-refractivity contribution in [1.82, 2.24) is 4.98 Å². The number of ether oxygens (including phenoxy) is 1. The lowest BCUT2D eigenvalue weighted by atomic mass is 10.2. The van der Waals surface area contributed by atoms with Crippen molar-refractivity contribution >= 4 is 17.3 Å². The van der Waals surface area contributed by atoms with Crippen LogP contribution in [0.5, 0.6) is 5.75 Å². The predicted octanol–water partition coefficient (Wildman–Crippen LogP) is 3.16. The zero-order chi connectivity index (χ0) is 15.1. The summed E-state index contributed by atoms with van der Waals surface area (Å²) in [5.41, 5.74) is 2.02. The molecule has 0 spiro atoms. The minimum atomic E-state index is -0.169. The van der Waals surface area contributed by atoms with Gasteiger partial charge < -0.3 is 15.4 Å². The van der Waals surface area contributed by atoms with E-state index in [0.29, 0.717) is 12.2 Å². The fourth-order valence-electron chi connectivity index (χ4n) is 1.92. The Kier molecular flexibility index (Phi) is 5.15. The molecular weight excluding hydrogens is 266 g/mol. The molecule has 0 unspecified atom stereocenters. The third-order valence-corrected chi connectivity index (χ3v) is 2.86. The van der Waals surface area contributed by atoms with Gasteiger partial charge in [-0.25, -0.2) is 0 Å². The summed E-state index contributed by atoms with van der Waals surface area (Å²) in [4.78, 5) is 16.3. The number of amides is 1. The lowest BCUT2D eigenvalue weighted by molar-refractivity contribution is 0.102. The van der Waals surface area contributed by atoms with E-state index in [9.17, 15) is 4.79 Å². The third-order valence-electron chi connectivity index (χ3n) is 2.86. The first-order valence-corrected chi connectivity index (χ1v) is 6.96. The van der Waals surface area contributed by atoms with Crippen molar-refractivity contribution in [3.8, 4) is 5.75 Å². The van der Waals surface area contributed by atoms with Crippen molar-refractivity contribution in [2.75, 3.05) is 23.8 Å². The third kappa shape index (κ3) is 3.95. The molecule has 0 saturated carbocycles. The molecular formula is C16H19N3O2. The van der Waals surface area contributed by atoms with Crippen LogP contribution in [0.3, 0.4) is 0 Å². The first-order chi connectivity index (χ1) is 10.2. The van der Waals surface area contributed by atoms with Crippen LogP contribution in [0.15, 0.2) is 42.7 Å². The van der Waals surface area contributed by atoms with Crippen LogP contribution in [0.4, 0.5) is 11.4 Å². The number of hydrogen-bond acceptors (Lipinski definition) is 4. The van der Waals surface area contributed by atoms with Gasteiger partial charge in [0.05, 0.1) is 24.1 Å². The summed E-state index contributed by atoms with van der Waals surface area (Å²) in [5, 5.41) is 5.99. The minimum Gasteiger partial charge on any atom is -0.494 e. The molecule has 2 rings (SSSR count). The van der Waals surface area contributed by atoms with Crippen LogP contribution in [-0.2, 0) is 0 Å². The van der Waals surface area contributed by atoms with Gasteiger partial charge in [0.2, 0.25) is 0 Å². The standard InChI is InChI=1S/C16H19N3O2/c1-3-18-15-11-17-10-9-14(15)16(20)19-12-5-7-13(8-6-12)21-4-2/h5-11,18H,3-4H2,1-2H3,(H,19,20). The second-order valence-electron chi connectivity index (χ2n) is 4.36. The average molecular weight is 285 g/mol. The number of nitrogens with one attached hydrogen (secondary N) is 2. The quantitative estimate of drug-likeness (QED) is 0.855. The van der Waals surface area contributed by atoms with E-state index in [2.05, 4.69) is 15.6 Å². The summed E-state index contributed by atoms with van der Waals surface area (Å²) in [6.45, 7) is 5.26. The molecule has 110 valence electrons. The molecule has 1 heterocycles. The highest BCUT2D eigenvalue weighted by Gasteiger charge is 2.11. The molecule has 5 heteroatoms. The lowest BCUT2D eigenvalue weighted by Crippen LogP contribution is -2.15. The van der Waals surface area contributed by atoms with Gasteiger partial charge in [-0.15, -0.1) is 0 Å². The number of pyridine rings is 1. The van der Waals surface area contributed by atoms with Crippen molar-refractivity contribution in [3.05, 3.63) is 48.3 Å². The summed E-state index contributed by atoms with van der Waals surface area (Å²) in [7, 11) is 0. The molecule has 0 aliphatic carbocycles. The molecule has 0 atom stereocenters. The average Bonchev–Trinajstić information content (AvgIpc) is 2.50. The molecule has 0 saturated heterocycles. The Balaban J connectivity index is 2.10. The van der Waals surface area contributed by atoms with Gasteiger partial charge in [0.15, 0.2) is 0 Å². The number of carbonyl (C=O) groups excluding carboxylic acids is 1. The number of carbonyl (C=O) groups is 1. The highest BCUT2D eigenvalue weighted by atomic mass is 16.5. The molecule has 2 aromatic rings. The van der Waals surface area contributed by atoms with Gasteiger partial charge in [0.1, 0.15) is 5.75 Å². The van der Waals surface area contributed by atoms with Crippen LogP contribution >= 0.6 is 0 Å². The summed E-state index contributed by atoms with van der Waals surface area (Å²) in [6.07, 6.45) is 3.25. The van der Waals surface area contributed by atoms with Crippen LogP contribution in [0.2, 0.25) is 0 Å². The van der Waals surface area contributed by atoms with E-state index in [1.165, 1.54) is 0 Å². The number of anilines is 2. The zero-order valence-corrected chi connectivity index (χ0v) is 12.2. The topological polar surface area (TPSA) is 63.2 Å². The number of nitrogens with zero attached hydrogens (tertiary/aromatic N) is 1. The molecule has 0 fully saturated rings. The van der Waals surface area contributed by atoms with E-state index in [-0.39, 0.29) is 5.91 Å². The molecule has 1 aromatic carbocycles. The number of rotatable bonds is 6. The first kappa shape index (κ1) is 14.8. The molecule has 0 radical (unpaired) electrons. The van der Waals surface area contributed by atoms with E-state index >= 15 is 0 Å². The van der Waals surface area contributed by atoms with Gasteiger partial charge in [0, 0.05) is 18.4 Å². The van der Waals surface area contributed by atoms with Crippen molar-refractivity contribution < 1.29 is 9.53 Å². The Morgan fingerprint density at radius 3 is 2.62 bits per heavy atom. The number of aromatic nitrogens is 1. The largest absolute Gasteiger partial charge is 0.494 e. The molecule has 0 bridgehead atoms. The van der Waals surface area contributed by atoms with Gasteiger partial charge in [-0.3, -0.25) is 9.78 Å². The van der Waals surface area contributed by atoms with E-state index in [1.807, 2.05) is 38.1 Å². The first-order valence-electron chi connectivity index (χ1n) is 6.96. The molecule has 21 heavy (non-hydrogen) atoms. The van der Waals surface area contributed by atoms with Crippen LogP contribution in [-0.4, -0.2) is 24.0 Å². The van der Waals surface area contributed by atoms with E-state index in [0.717, 1.165) is 23.7 Å². The maximum absolute atomic E-state index is 12.3. The van der Waals surface area contributed by atoms with Crippen LogP contribution in [0.1, 0.15) is 24.2 Å².